The van der Waals surface area contributed by atoms with E-state index in [4.69, 9.17) is 4.98 Å². The van der Waals surface area contributed by atoms with Gasteiger partial charge in [-0.2, -0.15) is 0 Å². The molecule has 1 aromatic rings. The van der Waals surface area contributed by atoms with E-state index < -0.39 is 0 Å². The molecule has 20 heavy (non-hydrogen) atoms. The third-order valence-electron chi connectivity index (χ3n) is 4.72. The molecule has 2 atom stereocenters. The Labute approximate surface area is 126 Å². The minimum atomic E-state index is 0.578. The van der Waals surface area contributed by atoms with Crippen molar-refractivity contribution < 1.29 is 0 Å². The zero-order valence-corrected chi connectivity index (χ0v) is 13.8. The van der Waals surface area contributed by atoms with E-state index in [9.17, 15) is 0 Å². The Morgan fingerprint density at radius 3 is 2.80 bits per heavy atom. The molecule has 1 N–H and O–H groups in total. The quantitative estimate of drug-likeness (QED) is 0.862. The molecule has 2 fully saturated rings. The number of nitrogens with zero attached hydrogens (tertiary/aromatic N) is 2. The van der Waals surface area contributed by atoms with Gasteiger partial charge in [0, 0.05) is 30.1 Å². The summed E-state index contributed by atoms with van der Waals surface area (Å²) in [7, 11) is 0. The summed E-state index contributed by atoms with van der Waals surface area (Å²) in [6, 6.07) is 1.44. The molecule has 4 heteroatoms. The second kappa shape index (κ2) is 6.02. The molecule has 3 nitrogen and oxygen atoms in total. The molecule has 0 bridgehead atoms. The summed E-state index contributed by atoms with van der Waals surface area (Å²) in [6.45, 7) is 9.11. The molecule has 112 valence electrons. The highest BCUT2D eigenvalue weighted by Crippen LogP contribution is 2.35. The molecular formula is C16H27N3S. The van der Waals surface area contributed by atoms with Gasteiger partial charge in [-0.1, -0.05) is 13.8 Å². The first kappa shape index (κ1) is 14.3. The van der Waals surface area contributed by atoms with Crippen molar-refractivity contribution in [2.45, 2.75) is 77.4 Å². The molecular weight excluding hydrogens is 266 g/mol. The van der Waals surface area contributed by atoms with Crippen LogP contribution in [-0.4, -0.2) is 23.6 Å². The van der Waals surface area contributed by atoms with Crippen molar-refractivity contribution in [3.05, 3.63) is 10.6 Å². The highest BCUT2D eigenvalue weighted by molar-refractivity contribution is 7.15. The summed E-state index contributed by atoms with van der Waals surface area (Å²) >= 11 is 1.93. The maximum Gasteiger partial charge on any atom is 0.186 e. The lowest BCUT2D eigenvalue weighted by Crippen LogP contribution is -2.26. The Morgan fingerprint density at radius 1 is 1.40 bits per heavy atom. The van der Waals surface area contributed by atoms with Crippen LogP contribution in [0.25, 0.3) is 0 Å². The Hall–Kier alpha value is -0.610. The van der Waals surface area contributed by atoms with Gasteiger partial charge >= 0.3 is 0 Å². The molecule has 2 unspecified atom stereocenters. The Kier molecular flexibility index (Phi) is 4.32. The molecule has 0 aromatic carbocycles. The molecule has 2 aliphatic rings. The number of nitrogens with one attached hydrogen (secondary N) is 1. The van der Waals surface area contributed by atoms with Crippen molar-refractivity contribution in [2.24, 2.45) is 0 Å². The summed E-state index contributed by atoms with van der Waals surface area (Å²) in [6.07, 6.45) is 6.51. The van der Waals surface area contributed by atoms with Crippen molar-refractivity contribution in [1.29, 1.82) is 0 Å². The molecule has 1 aliphatic carbocycles. The highest BCUT2D eigenvalue weighted by atomic mass is 32.1. The molecule has 1 aliphatic heterocycles. The minimum absolute atomic E-state index is 0.578. The van der Waals surface area contributed by atoms with Gasteiger partial charge in [-0.25, -0.2) is 4.98 Å². The van der Waals surface area contributed by atoms with Crippen LogP contribution in [0.1, 0.15) is 69.4 Å². The number of hydrogen-bond acceptors (Lipinski definition) is 4. The monoisotopic (exact) mass is 293 g/mol. The first-order chi connectivity index (χ1) is 9.69. The summed E-state index contributed by atoms with van der Waals surface area (Å²) in [5.74, 6) is 0.578. The summed E-state index contributed by atoms with van der Waals surface area (Å²) in [5, 5.41) is 4.92. The van der Waals surface area contributed by atoms with Crippen LogP contribution in [0, 0.1) is 0 Å². The maximum atomic E-state index is 5.02. The first-order valence-electron chi connectivity index (χ1n) is 8.18. The fraction of sp³-hybridized carbons (Fsp3) is 0.812. The van der Waals surface area contributed by atoms with Crippen LogP contribution in [-0.2, 0) is 6.54 Å². The SMILES string of the molecule is CCC(C)c1nc(N2CCCC2C)sc1CNC1CC1. The second-order valence-electron chi connectivity index (χ2n) is 6.45. The maximum absolute atomic E-state index is 5.02. The molecule has 2 heterocycles. The van der Waals surface area contributed by atoms with Crippen molar-refractivity contribution >= 4 is 16.5 Å². The van der Waals surface area contributed by atoms with Crippen LogP contribution in [0.3, 0.4) is 0 Å². The second-order valence-corrected chi connectivity index (χ2v) is 7.52. The third-order valence-corrected chi connectivity index (χ3v) is 5.83. The van der Waals surface area contributed by atoms with Crippen LogP contribution >= 0.6 is 11.3 Å². The number of rotatable bonds is 6. The normalized spacial score (nSPS) is 24.4. The van der Waals surface area contributed by atoms with Gasteiger partial charge in [-0.05, 0) is 44.9 Å². The van der Waals surface area contributed by atoms with Gasteiger partial charge < -0.3 is 10.2 Å². The Balaban J connectivity index is 1.79. The lowest BCUT2D eigenvalue weighted by molar-refractivity contribution is 0.659. The highest BCUT2D eigenvalue weighted by Gasteiger charge is 2.27. The molecule has 3 rings (SSSR count). The van der Waals surface area contributed by atoms with E-state index in [1.807, 2.05) is 11.3 Å². The third kappa shape index (κ3) is 3.01. The van der Waals surface area contributed by atoms with Gasteiger partial charge in [-0.15, -0.1) is 11.3 Å². The van der Waals surface area contributed by atoms with Crippen LogP contribution in [0.15, 0.2) is 0 Å². The van der Waals surface area contributed by atoms with E-state index in [1.54, 1.807) is 0 Å². The van der Waals surface area contributed by atoms with Crippen LogP contribution in [0.4, 0.5) is 5.13 Å². The van der Waals surface area contributed by atoms with Gasteiger partial charge in [-0.3, -0.25) is 0 Å². The number of hydrogen-bond donors (Lipinski definition) is 1. The number of aromatic nitrogens is 1. The summed E-state index contributed by atoms with van der Waals surface area (Å²) in [4.78, 5) is 9.00. The van der Waals surface area contributed by atoms with Crippen LogP contribution in [0.2, 0.25) is 0 Å². The lowest BCUT2D eigenvalue weighted by Gasteiger charge is -2.20. The van der Waals surface area contributed by atoms with Crippen LogP contribution < -0.4 is 10.2 Å². The van der Waals surface area contributed by atoms with Crippen LogP contribution in [0.5, 0.6) is 0 Å². The van der Waals surface area contributed by atoms with E-state index in [2.05, 4.69) is 31.0 Å². The van der Waals surface area contributed by atoms with Gasteiger partial charge in [0.25, 0.3) is 0 Å². The zero-order valence-electron chi connectivity index (χ0n) is 13.0. The van der Waals surface area contributed by atoms with E-state index in [-0.39, 0.29) is 0 Å². The molecule has 1 aromatic heterocycles. The largest absolute Gasteiger partial charge is 0.345 e. The molecule has 1 saturated carbocycles. The lowest BCUT2D eigenvalue weighted by atomic mass is 10.0. The summed E-state index contributed by atoms with van der Waals surface area (Å²) in [5.41, 5.74) is 1.35. The topological polar surface area (TPSA) is 28.2 Å². The fourth-order valence-electron chi connectivity index (χ4n) is 2.92. The number of thiazole rings is 1. The number of anilines is 1. The van der Waals surface area contributed by atoms with Crippen molar-refractivity contribution in [3.8, 4) is 0 Å². The molecule has 0 radical (unpaired) electrons. The zero-order chi connectivity index (χ0) is 14.1. The van der Waals surface area contributed by atoms with E-state index in [0.717, 1.165) is 12.6 Å². The Bertz CT molecular complexity index is 453. The van der Waals surface area contributed by atoms with Gasteiger partial charge in [0.15, 0.2) is 5.13 Å². The predicted molar refractivity (Wildman–Crippen MR) is 86.7 cm³/mol. The molecule has 1 saturated heterocycles. The molecule has 0 spiro atoms. The van der Waals surface area contributed by atoms with Crippen molar-refractivity contribution in [1.82, 2.24) is 10.3 Å². The minimum Gasteiger partial charge on any atom is -0.345 e. The fourth-order valence-corrected chi connectivity index (χ4v) is 4.18. The Morgan fingerprint density at radius 2 is 2.20 bits per heavy atom. The predicted octanol–water partition coefficient (Wildman–Crippen LogP) is 3.90. The summed E-state index contributed by atoms with van der Waals surface area (Å²) < 4.78 is 0. The average Bonchev–Trinajstić information content (AvgIpc) is 3.03. The van der Waals surface area contributed by atoms with Gasteiger partial charge in [0.05, 0.1) is 5.69 Å². The standard InChI is InChI=1S/C16H27N3S/c1-4-11(2)15-14(10-17-13-7-8-13)20-16(18-15)19-9-5-6-12(19)3/h11-13,17H,4-10H2,1-3H3. The van der Waals surface area contributed by atoms with Crippen molar-refractivity contribution in [2.75, 3.05) is 11.4 Å². The van der Waals surface area contributed by atoms with E-state index >= 15 is 0 Å². The van der Waals surface area contributed by atoms with E-state index in [1.165, 1.54) is 54.4 Å². The van der Waals surface area contributed by atoms with Gasteiger partial charge in [0.2, 0.25) is 0 Å². The molecule has 0 amide bonds. The smallest absolute Gasteiger partial charge is 0.186 e. The average molecular weight is 293 g/mol. The van der Waals surface area contributed by atoms with Crippen molar-refractivity contribution in [3.63, 3.8) is 0 Å². The first-order valence-corrected chi connectivity index (χ1v) is 9.00. The van der Waals surface area contributed by atoms with E-state index in [0.29, 0.717) is 12.0 Å². The van der Waals surface area contributed by atoms with Gasteiger partial charge in [0.1, 0.15) is 0 Å².